The van der Waals surface area contributed by atoms with Crippen molar-refractivity contribution in [2.45, 2.75) is 39.8 Å². The fourth-order valence-corrected chi connectivity index (χ4v) is 2.09. The average Bonchev–Trinajstić information content (AvgIpc) is 2.39. The standard InChI is InChI=1S/C15H27N3O/c1-6-14-9-13(11-16-4)10-15(17-14)18(12(2)3)7-8-19-5/h9-10,12,16H,6-8,11H2,1-5H3. The van der Waals surface area contributed by atoms with Gasteiger partial charge in [0.05, 0.1) is 6.61 Å². The predicted octanol–water partition coefficient (Wildman–Crippen LogP) is 2.22. The molecule has 1 aromatic heterocycles. The number of nitrogens with one attached hydrogen (secondary N) is 1. The lowest BCUT2D eigenvalue weighted by Crippen LogP contribution is -2.34. The normalized spacial score (nSPS) is 11.1. The van der Waals surface area contributed by atoms with Gasteiger partial charge >= 0.3 is 0 Å². The molecule has 4 nitrogen and oxygen atoms in total. The van der Waals surface area contributed by atoms with Crippen molar-refractivity contribution in [2.75, 3.05) is 32.2 Å². The van der Waals surface area contributed by atoms with Crippen LogP contribution in [-0.4, -0.2) is 38.3 Å². The van der Waals surface area contributed by atoms with E-state index in [9.17, 15) is 0 Å². The van der Waals surface area contributed by atoms with E-state index < -0.39 is 0 Å². The first-order valence-electron chi connectivity index (χ1n) is 7.02. The SMILES string of the molecule is CCc1cc(CNC)cc(N(CCOC)C(C)C)n1. The average molecular weight is 265 g/mol. The molecule has 1 rings (SSSR count). The van der Waals surface area contributed by atoms with E-state index in [1.807, 2.05) is 7.05 Å². The van der Waals surface area contributed by atoms with Crippen LogP contribution in [0, 0.1) is 0 Å². The summed E-state index contributed by atoms with van der Waals surface area (Å²) in [5, 5.41) is 3.20. The van der Waals surface area contributed by atoms with E-state index in [1.54, 1.807) is 7.11 Å². The lowest BCUT2D eigenvalue weighted by molar-refractivity contribution is 0.203. The summed E-state index contributed by atoms with van der Waals surface area (Å²) in [5.41, 5.74) is 2.43. The summed E-state index contributed by atoms with van der Waals surface area (Å²) in [6, 6.07) is 4.76. The molecule has 0 aliphatic carbocycles. The molecular formula is C15H27N3O. The molecule has 0 fully saturated rings. The zero-order valence-corrected chi connectivity index (χ0v) is 12.9. The summed E-state index contributed by atoms with van der Waals surface area (Å²) in [5.74, 6) is 1.05. The van der Waals surface area contributed by atoms with Gasteiger partial charge in [0.2, 0.25) is 0 Å². The van der Waals surface area contributed by atoms with Gasteiger partial charge in [0.15, 0.2) is 0 Å². The second kappa shape index (κ2) is 8.12. The minimum absolute atomic E-state index is 0.414. The van der Waals surface area contributed by atoms with Crippen molar-refractivity contribution in [3.63, 3.8) is 0 Å². The number of hydrogen-bond donors (Lipinski definition) is 1. The van der Waals surface area contributed by atoms with E-state index in [2.05, 4.69) is 43.1 Å². The smallest absolute Gasteiger partial charge is 0.129 e. The molecular weight excluding hydrogens is 238 g/mol. The van der Waals surface area contributed by atoms with Gasteiger partial charge in [-0.15, -0.1) is 0 Å². The number of nitrogens with zero attached hydrogens (tertiary/aromatic N) is 2. The van der Waals surface area contributed by atoms with Crippen molar-refractivity contribution >= 4 is 5.82 Å². The number of hydrogen-bond acceptors (Lipinski definition) is 4. The topological polar surface area (TPSA) is 37.4 Å². The first-order chi connectivity index (χ1) is 9.12. The highest BCUT2D eigenvalue weighted by atomic mass is 16.5. The second-order valence-electron chi connectivity index (χ2n) is 4.99. The Kier molecular flexibility index (Phi) is 6.81. The Morgan fingerprint density at radius 3 is 2.63 bits per heavy atom. The monoisotopic (exact) mass is 265 g/mol. The van der Waals surface area contributed by atoms with Crippen LogP contribution in [0.4, 0.5) is 5.82 Å². The van der Waals surface area contributed by atoms with Crippen LogP contribution in [0.25, 0.3) is 0 Å². The molecule has 1 aromatic rings. The third-order valence-corrected chi connectivity index (χ3v) is 3.12. The van der Waals surface area contributed by atoms with E-state index >= 15 is 0 Å². The van der Waals surface area contributed by atoms with Crippen LogP contribution in [0.3, 0.4) is 0 Å². The molecule has 1 heterocycles. The minimum atomic E-state index is 0.414. The van der Waals surface area contributed by atoms with Crippen LogP contribution < -0.4 is 10.2 Å². The first-order valence-corrected chi connectivity index (χ1v) is 7.02. The van der Waals surface area contributed by atoms with Gasteiger partial charge in [-0.2, -0.15) is 0 Å². The van der Waals surface area contributed by atoms with E-state index in [4.69, 9.17) is 9.72 Å². The van der Waals surface area contributed by atoms with Crippen molar-refractivity contribution in [1.82, 2.24) is 10.3 Å². The fourth-order valence-electron chi connectivity index (χ4n) is 2.09. The van der Waals surface area contributed by atoms with Gasteiger partial charge in [0.25, 0.3) is 0 Å². The Morgan fingerprint density at radius 1 is 1.37 bits per heavy atom. The highest BCUT2D eigenvalue weighted by Gasteiger charge is 2.13. The molecule has 19 heavy (non-hydrogen) atoms. The summed E-state index contributed by atoms with van der Waals surface area (Å²) < 4.78 is 5.20. The van der Waals surface area contributed by atoms with Crippen LogP contribution >= 0.6 is 0 Å². The summed E-state index contributed by atoms with van der Waals surface area (Å²) in [6.45, 7) is 8.98. The maximum absolute atomic E-state index is 5.20. The molecule has 0 saturated heterocycles. The fraction of sp³-hybridized carbons (Fsp3) is 0.667. The number of aromatic nitrogens is 1. The Hall–Kier alpha value is -1.13. The van der Waals surface area contributed by atoms with Gasteiger partial charge in [-0.3, -0.25) is 0 Å². The van der Waals surface area contributed by atoms with Crippen LogP contribution in [0.5, 0.6) is 0 Å². The zero-order chi connectivity index (χ0) is 14.3. The number of methoxy groups -OCH3 is 1. The van der Waals surface area contributed by atoms with Gasteiger partial charge in [-0.25, -0.2) is 4.98 Å². The van der Waals surface area contributed by atoms with Crippen molar-refractivity contribution in [2.24, 2.45) is 0 Å². The third kappa shape index (κ3) is 4.80. The maximum atomic E-state index is 5.20. The van der Waals surface area contributed by atoms with Crippen molar-refractivity contribution < 1.29 is 4.74 Å². The van der Waals surface area contributed by atoms with Crippen molar-refractivity contribution in [3.05, 3.63) is 23.4 Å². The van der Waals surface area contributed by atoms with Crippen LogP contribution in [0.1, 0.15) is 32.0 Å². The van der Waals surface area contributed by atoms with Gasteiger partial charge in [0, 0.05) is 31.9 Å². The summed E-state index contributed by atoms with van der Waals surface area (Å²) in [7, 11) is 3.71. The Morgan fingerprint density at radius 2 is 2.11 bits per heavy atom. The Bertz CT molecular complexity index is 380. The maximum Gasteiger partial charge on any atom is 0.129 e. The van der Waals surface area contributed by atoms with Gasteiger partial charge in [-0.05, 0) is 45.0 Å². The van der Waals surface area contributed by atoms with Gasteiger partial charge in [-0.1, -0.05) is 6.92 Å². The van der Waals surface area contributed by atoms with E-state index in [0.717, 1.165) is 37.6 Å². The predicted molar refractivity (Wildman–Crippen MR) is 80.7 cm³/mol. The Balaban J connectivity index is 3.02. The molecule has 0 aliphatic rings. The van der Waals surface area contributed by atoms with Crippen LogP contribution in [0.2, 0.25) is 0 Å². The molecule has 0 aliphatic heterocycles. The third-order valence-electron chi connectivity index (χ3n) is 3.12. The number of ether oxygens (including phenoxy) is 1. The molecule has 0 amide bonds. The first kappa shape index (κ1) is 15.9. The molecule has 0 aromatic carbocycles. The summed E-state index contributed by atoms with van der Waals surface area (Å²) in [4.78, 5) is 7.04. The molecule has 0 spiro atoms. The van der Waals surface area contributed by atoms with E-state index in [1.165, 1.54) is 5.56 Å². The van der Waals surface area contributed by atoms with Crippen molar-refractivity contribution in [1.29, 1.82) is 0 Å². The molecule has 108 valence electrons. The zero-order valence-electron chi connectivity index (χ0n) is 12.9. The highest BCUT2D eigenvalue weighted by Crippen LogP contribution is 2.18. The molecule has 0 unspecified atom stereocenters. The largest absolute Gasteiger partial charge is 0.383 e. The van der Waals surface area contributed by atoms with Crippen LogP contribution in [0.15, 0.2) is 12.1 Å². The molecule has 0 radical (unpaired) electrons. The molecule has 0 bridgehead atoms. The lowest BCUT2D eigenvalue weighted by Gasteiger charge is -2.28. The number of anilines is 1. The summed E-state index contributed by atoms with van der Waals surface area (Å²) in [6.07, 6.45) is 0.959. The highest BCUT2D eigenvalue weighted by molar-refractivity contribution is 5.43. The number of rotatable bonds is 8. The van der Waals surface area contributed by atoms with Crippen molar-refractivity contribution in [3.8, 4) is 0 Å². The number of pyridine rings is 1. The summed E-state index contributed by atoms with van der Waals surface area (Å²) >= 11 is 0. The molecule has 4 heteroatoms. The van der Waals surface area contributed by atoms with E-state index in [-0.39, 0.29) is 0 Å². The van der Waals surface area contributed by atoms with E-state index in [0.29, 0.717) is 6.04 Å². The van der Waals surface area contributed by atoms with Crippen LogP contribution in [-0.2, 0) is 17.7 Å². The number of aryl methyl sites for hydroxylation is 1. The molecule has 0 saturated carbocycles. The quantitative estimate of drug-likeness (QED) is 0.782. The second-order valence-corrected chi connectivity index (χ2v) is 4.99. The minimum Gasteiger partial charge on any atom is -0.383 e. The molecule has 0 atom stereocenters. The van der Waals surface area contributed by atoms with Gasteiger partial charge < -0.3 is 15.0 Å². The van der Waals surface area contributed by atoms with Gasteiger partial charge in [0.1, 0.15) is 5.82 Å². The molecule has 1 N–H and O–H groups in total. The Labute approximate surface area is 117 Å². The lowest BCUT2D eigenvalue weighted by atomic mass is 10.1.